The minimum Gasteiger partial charge on any atom is -0.480 e. The molecule has 0 bridgehead atoms. The molecule has 1 rings (SSSR count). The summed E-state index contributed by atoms with van der Waals surface area (Å²) in [7, 11) is 3.78. The molecule has 0 aliphatic carbocycles. The zero-order chi connectivity index (χ0) is 14.4. The number of hydrogen-bond acceptors (Lipinski definition) is 5. The van der Waals surface area contributed by atoms with Crippen LogP contribution >= 0.6 is 0 Å². The molecule has 7 nitrogen and oxygen atoms in total. The van der Waals surface area contributed by atoms with Crippen LogP contribution in [0.15, 0.2) is 17.2 Å². The molecule has 0 saturated heterocycles. The van der Waals surface area contributed by atoms with Gasteiger partial charge in [0.25, 0.3) is 5.56 Å². The van der Waals surface area contributed by atoms with Gasteiger partial charge in [-0.25, -0.2) is 4.98 Å². The molecule has 1 aromatic rings. The van der Waals surface area contributed by atoms with Crippen molar-refractivity contribution < 1.29 is 9.90 Å². The van der Waals surface area contributed by atoms with Gasteiger partial charge in [0.2, 0.25) is 0 Å². The molecule has 0 amide bonds. The van der Waals surface area contributed by atoms with E-state index in [-0.39, 0.29) is 17.9 Å². The van der Waals surface area contributed by atoms with E-state index in [1.165, 1.54) is 15.7 Å². The monoisotopic (exact) mass is 268 g/mol. The minimum atomic E-state index is -0.980. The number of aromatic nitrogens is 2. The average molecular weight is 268 g/mol. The fourth-order valence-electron chi connectivity index (χ4n) is 1.65. The van der Waals surface area contributed by atoms with Crippen molar-refractivity contribution in [2.75, 3.05) is 38.6 Å². The molecule has 1 N–H and O–H groups in total. The molecule has 1 heterocycles. The van der Waals surface area contributed by atoms with Gasteiger partial charge in [-0.2, -0.15) is 0 Å². The molecular weight excluding hydrogens is 248 g/mol. The predicted molar refractivity (Wildman–Crippen MR) is 72.6 cm³/mol. The van der Waals surface area contributed by atoms with Gasteiger partial charge in [0.05, 0.1) is 0 Å². The van der Waals surface area contributed by atoms with Crippen molar-refractivity contribution in [3.63, 3.8) is 0 Å². The zero-order valence-corrected chi connectivity index (χ0v) is 11.5. The highest BCUT2D eigenvalue weighted by Gasteiger charge is 2.16. The summed E-state index contributed by atoms with van der Waals surface area (Å²) in [6.45, 7) is 3.24. The van der Waals surface area contributed by atoms with E-state index in [0.717, 1.165) is 0 Å². The van der Waals surface area contributed by atoms with Crippen LogP contribution in [0, 0.1) is 0 Å². The Labute approximate surface area is 112 Å². The quantitative estimate of drug-likeness (QED) is 0.732. The van der Waals surface area contributed by atoms with Crippen molar-refractivity contribution >= 4 is 11.8 Å². The number of aliphatic carboxylic acids is 1. The molecule has 0 atom stereocenters. The molecule has 0 aliphatic rings. The van der Waals surface area contributed by atoms with Gasteiger partial charge in [0, 0.05) is 32.0 Å². The van der Waals surface area contributed by atoms with Crippen LogP contribution in [0.1, 0.15) is 6.92 Å². The smallest absolute Gasteiger partial charge is 0.323 e. The first-order chi connectivity index (χ1) is 8.95. The van der Waals surface area contributed by atoms with Gasteiger partial charge < -0.3 is 19.5 Å². The molecule has 0 spiro atoms. The summed E-state index contributed by atoms with van der Waals surface area (Å²) in [4.78, 5) is 30.5. The van der Waals surface area contributed by atoms with Crippen LogP contribution in [-0.4, -0.2) is 59.3 Å². The first-order valence-corrected chi connectivity index (χ1v) is 6.12. The maximum Gasteiger partial charge on any atom is 0.323 e. The zero-order valence-electron chi connectivity index (χ0n) is 11.5. The van der Waals surface area contributed by atoms with E-state index < -0.39 is 5.97 Å². The van der Waals surface area contributed by atoms with E-state index in [1.807, 2.05) is 25.9 Å². The second-order valence-electron chi connectivity index (χ2n) is 4.46. The van der Waals surface area contributed by atoms with Gasteiger partial charge in [0.15, 0.2) is 5.82 Å². The maximum atomic E-state index is 12.1. The number of nitrogens with zero attached hydrogens (tertiary/aromatic N) is 4. The normalized spacial score (nSPS) is 10.7. The molecule has 0 radical (unpaired) electrons. The number of hydrogen-bond donors (Lipinski definition) is 1. The summed E-state index contributed by atoms with van der Waals surface area (Å²) < 4.78 is 1.51. The van der Waals surface area contributed by atoms with Gasteiger partial charge in [-0.05, 0) is 21.0 Å². The average Bonchev–Trinajstić information content (AvgIpc) is 2.34. The number of carbonyl (C=O) groups is 1. The Morgan fingerprint density at radius 1 is 1.42 bits per heavy atom. The number of carboxylic acid groups (broad SMARTS) is 1. The second kappa shape index (κ2) is 6.89. The largest absolute Gasteiger partial charge is 0.480 e. The molecule has 7 heteroatoms. The van der Waals surface area contributed by atoms with Crippen LogP contribution in [0.2, 0.25) is 0 Å². The van der Waals surface area contributed by atoms with Crippen molar-refractivity contribution in [1.29, 1.82) is 0 Å². The van der Waals surface area contributed by atoms with Crippen molar-refractivity contribution in [2.24, 2.45) is 0 Å². The lowest BCUT2D eigenvalue weighted by Crippen LogP contribution is -2.40. The van der Waals surface area contributed by atoms with E-state index in [4.69, 9.17) is 5.11 Å². The third-order valence-corrected chi connectivity index (χ3v) is 2.68. The summed E-state index contributed by atoms with van der Waals surface area (Å²) in [6.07, 6.45) is 3.11. The summed E-state index contributed by atoms with van der Waals surface area (Å²) >= 11 is 0. The summed E-state index contributed by atoms with van der Waals surface area (Å²) in [5.74, 6) is -0.791. The number of likely N-dealkylation sites (N-methyl/N-ethyl adjacent to an activating group) is 1. The highest BCUT2D eigenvalue weighted by molar-refractivity contribution is 5.73. The van der Waals surface area contributed by atoms with Crippen LogP contribution in [-0.2, 0) is 11.3 Å². The molecule has 0 unspecified atom stereocenters. The Kier molecular flexibility index (Phi) is 5.50. The van der Waals surface area contributed by atoms with E-state index in [2.05, 4.69) is 4.98 Å². The van der Waals surface area contributed by atoms with E-state index in [1.54, 1.807) is 6.20 Å². The Morgan fingerprint density at radius 3 is 2.63 bits per heavy atom. The summed E-state index contributed by atoms with van der Waals surface area (Å²) in [5.41, 5.74) is -0.259. The molecule has 0 fully saturated rings. The fourth-order valence-corrected chi connectivity index (χ4v) is 1.65. The Morgan fingerprint density at radius 2 is 2.11 bits per heavy atom. The van der Waals surface area contributed by atoms with Crippen LogP contribution in [0.3, 0.4) is 0 Å². The number of rotatable bonds is 7. The summed E-state index contributed by atoms with van der Waals surface area (Å²) in [5, 5.41) is 8.94. The topological polar surface area (TPSA) is 78.7 Å². The minimum absolute atomic E-state index is 0.189. The molecule has 0 aliphatic heterocycles. The first-order valence-electron chi connectivity index (χ1n) is 6.12. The lowest BCUT2D eigenvalue weighted by atomic mass is 10.4. The van der Waals surface area contributed by atoms with E-state index in [9.17, 15) is 9.59 Å². The molecule has 19 heavy (non-hydrogen) atoms. The van der Waals surface area contributed by atoms with Crippen molar-refractivity contribution in [3.05, 3.63) is 22.7 Å². The Hall–Kier alpha value is -1.89. The molecule has 1 aromatic heterocycles. The van der Waals surface area contributed by atoms with Crippen LogP contribution in [0.4, 0.5) is 5.82 Å². The van der Waals surface area contributed by atoms with Crippen LogP contribution in [0.25, 0.3) is 0 Å². The predicted octanol–water partition coefficient (Wildman–Crippen LogP) is -0.284. The van der Waals surface area contributed by atoms with Gasteiger partial charge in [-0.15, -0.1) is 0 Å². The summed E-state index contributed by atoms with van der Waals surface area (Å²) in [6, 6.07) is 0. The van der Waals surface area contributed by atoms with E-state index in [0.29, 0.717) is 19.6 Å². The Bertz CT molecular complexity index is 484. The molecule has 0 saturated carbocycles. The van der Waals surface area contributed by atoms with Gasteiger partial charge >= 0.3 is 5.97 Å². The molecular formula is C12H20N4O3. The number of carboxylic acids is 1. The SMILES string of the molecule is CCn1ccnc(N(CCN(C)C)CC(=O)O)c1=O. The third-order valence-electron chi connectivity index (χ3n) is 2.68. The van der Waals surface area contributed by atoms with Crippen LogP contribution in [0.5, 0.6) is 0 Å². The van der Waals surface area contributed by atoms with Crippen LogP contribution < -0.4 is 10.5 Å². The highest BCUT2D eigenvalue weighted by Crippen LogP contribution is 2.03. The molecule has 106 valence electrons. The van der Waals surface area contributed by atoms with Crippen molar-refractivity contribution in [2.45, 2.75) is 13.5 Å². The van der Waals surface area contributed by atoms with Gasteiger partial charge in [0.1, 0.15) is 6.54 Å². The molecule has 0 aromatic carbocycles. The van der Waals surface area contributed by atoms with Crippen molar-refractivity contribution in [1.82, 2.24) is 14.5 Å². The maximum absolute atomic E-state index is 12.1. The third kappa shape index (κ3) is 4.36. The second-order valence-corrected chi connectivity index (χ2v) is 4.46. The van der Waals surface area contributed by atoms with Gasteiger partial charge in [-0.3, -0.25) is 9.59 Å². The fraction of sp³-hybridized carbons (Fsp3) is 0.583. The van der Waals surface area contributed by atoms with Gasteiger partial charge in [-0.1, -0.05) is 0 Å². The first kappa shape index (κ1) is 15.2. The lowest BCUT2D eigenvalue weighted by Gasteiger charge is -2.23. The highest BCUT2D eigenvalue weighted by atomic mass is 16.4. The number of aryl methyl sites for hydroxylation is 1. The number of anilines is 1. The Balaban J connectivity index is 3.02. The standard InChI is InChI=1S/C12H20N4O3/c1-4-15-6-5-13-11(12(15)19)16(9-10(17)18)8-7-14(2)3/h5-6H,4,7-9H2,1-3H3,(H,17,18). The lowest BCUT2D eigenvalue weighted by molar-refractivity contribution is -0.135. The van der Waals surface area contributed by atoms with E-state index >= 15 is 0 Å². The van der Waals surface area contributed by atoms with Crippen molar-refractivity contribution in [3.8, 4) is 0 Å².